The zero-order chi connectivity index (χ0) is 36.7. The van der Waals surface area contributed by atoms with Crippen LogP contribution in [0.15, 0.2) is 71.8 Å². The number of nitrogens with one attached hydrogen (secondary N) is 2. The minimum atomic E-state index is -0.406. The summed E-state index contributed by atoms with van der Waals surface area (Å²) in [5.74, 6) is 1.91. The zero-order valence-electron chi connectivity index (χ0n) is 31.5. The summed E-state index contributed by atoms with van der Waals surface area (Å²) in [6, 6.07) is 12.4. The maximum atomic E-state index is 11.9. The van der Waals surface area contributed by atoms with Crippen molar-refractivity contribution >= 4 is 55.8 Å². The summed E-state index contributed by atoms with van der Waals surface area (Å²) in [6.07, 6.45) is 16.8. The summed E-state index contributed by atoms with van der Waals surface area (Å²) >= 11 is 0. The van der Waals surface area contributed by atoms with Crippen molar-refractivity contribution in [3.05, 3.63) is 94.1 Å². The molecule has 0 saturated heterocycles. The van der Waals surface area contributed by atoms with Gasteiger partial charge in [0.25, 0.3) is 0 Å². The third-order valence-corrected chi connectivity index (χ3v) is 11.0. The fraction of sp³-hybridized carbons (Fsp3) is 0.304. The molecule has 6 heteroatoms. The lowest BCUT2D eigenvalue weighted by atomic mass is 9.92. The standard InChI is InChI=1S/C46H48N2O4/c1-25(2)11-9-19-45(7)21-17-31-35(51-45)15-13-29-33-23-27(5)43(49)37(41(33)47-39(29)31)38-42-34(24-28(6)44(38)50)30-14-16-36-32(40(30)48-42)18-22-46(8,52-36)20-10-12-26(3)4/h11-18,21-24,47-50H,9-10,19-20H2,1-8H3/t45-,46-/m1/s1. The number of rotatable bonds is 7. The molecule has 8 rings (SSSR count). The Kier molecular flexibility index (Phi) is 7.87. The first-order valence-corrected chi connectivity index (χ1v) is 18.4. The van der Waals surface area contributed by atoms with Gasteiger partial charge in [0, 0.05) is 32.7 Å². The third-order valence-electron chi connectivity index (χ3n) is 11.0. The van der Waals surface area contributed by atoms with Crippen molar-refractivity contribution in [2.24, 2.45) is 0 Å². The Morgan fingerprint density at radius 2 is 1.02 bits per heavy atom. The van der Waals surface area contributed by atoms with Gasteiger partial charge in [-0.05, 0) is 153 Å². The summed E-state index contributed by atoms with van der Waals surface area (Å²) in [6.45, 7) is 16.6. The Bertz CT molecular complexity index is 2410. The van der Waals surface area contributed by atoms with Gasteiger partial charge in [-0.2, -0.15) is 0 Å². The van der Waals surface area contributed by atoms with Crippen molar-refractivity contribution in [3.8, 4) is 34.1 Å². The predicted molar refractivity (Wildman–Crippen MR) is 217 cm³/mol. The monoisotopic (exact) mass is 692 g/mol. The van der Waals surface area contributed by atoms with Crippen LogP contribution in [0, 0.1) is 13.8 Å². The van der Waals surface area contributed by atoms with E-state index < -0.39 is 11.2 Å². The lowest BCUT2D eigenvalue weighted by Gasteiger charge is -2.31. The Hall–Kier alpha value is -5.36. The maximum Gasteiger partial charge on any atom is 0.129 e. The molecule has 2 aliphatic rings. The van der Waals surface area contributed by atoms with Crippen LogP contribution < -0.4 is 9.47 Å². The number of aromatic nitrogens is 2. The van der Waals surface area contributed by atoms with Gasteiger partial charge in [-0.25, -0.2) is 0 Å². The average molecular weight is 693 g/mol. The SMILES string of the molecule is CC(C)=CCC[C@]1(C)C=Cc2c(ccc3c2[nH]c2c(-c4c(O)c(C)cc5c4[nH]c4c6c(ccc45)O[C@](C)(CCC=C(C)C)C=C6)c(O)c(C)cc23)O1. The molecule has 6 nitrogen and oxygen atoms in total. The van der Waals surface area contributed by atoms with Gasteiger partial charge in [-0.1, -0.05) is 23.3 Å². The highest BCUT2D eigenvalue weighted by atomic mass is 16.5. The molecule has 4 heterocycles. The van der Waals surface area contributed by atoms with Crippen molar-refractivity contribution < 1.29 is 19.7 Å². The molecular formula is C46H48N2O4. The highest BCUT2D eigenvalue weighted by Gasteiger charge is 2.31. The summed E-state index contributed by atoms with van der Waals surface area (Å²) in [7, 11) is 0. The van der Waals surface area contributed by atoms with Crippen LogP contribution in [0.5, 0.6) is 23.0 Å². The van der Waals surface area contributed by atoms with E-state index in [1.807, 2.05) is 26.0 Å². The van der Waals surface area contributed by atoms with Crippen molar-refractivity contribution in [1.29, 1.82) is 0 Å². The van der Waals surface area contributed by atoms with E-state index in [2.05, 4.69) is 112 Å². The fourth-order valence-corrected chi connectivity index (χ4v) is 8.12. The lowest BCUT2D eigenvalue weighted by molar-refractivity contribution is 0.128. The summed E-state index contributed by atoms with van der Waals surface area (Å²) in [5.41, 5.74) is 9.74. The van der Waals surface area contributed by atoms with Gasteiger partial charge in [0.1, 0.15) is 34.2 Å². The van der Waals surface area contributed by atoms with Crippen molar-refractivity contribution in [1.82, 2.24) is 9.97 Å². The van der Waals surface area contributed by atoms with Crippen molar-refractivity contribution in [3.63, 3.8) is 0 Å². The van der Waals surface area contributed by atoms with Crippen LogP contribution in [-0.2, 0) is 0 Å². The lowest BCUT2D eigenvalue weighted by Crippen LogP contribution is -2.31. The van der Waals surface area contributed by atoms with Crippen molar-refractivity contribution in [2.75, 3.05) is 0 Å². The van der Waals surface area contributed by atoms with Crippen molar-refractivity contribution in [2.45, 2.75) is 92.3 Å². The van der Waals surface area contributed by atoms with E-state index in [4.69, 9.17) is 9.47 Å². The number of fused-ring (bicyclic) bond motifs is 10. The van der Waals surface area contributed by atoms with Crippen LogP contribution in [-0.4, -0.2) is 31.4 Å². The van der Waals surface area contributed by atoms with Gasteiger partial charge >= 0.3 is 0 Å². The second-order valence-corrected chi connectivity index (χ2v) is 15.9. The summed E-state index contributed by atoms with van der Waals surface area (Å²) in [4.78, 5) is 7.39. The molecule has 0 fully saturated rings. The molecule has 0 unspecified atom stereocenters. The topological polar surface area (TPSA) is 90.5 Å². The van der Waals surface area contributed by atoms with Gasteiger partial charge in [0.2, 0.25) is 0 Å². The molecule has 4 aromatic carbocycles. The van der Waals surface area contributed by atoms with Gasteiger partial charge in [-0.15, -0.1) is 0 Å². The molecule has 2 atom stereocenters. The van der Waals surface area contributed by atoms with E-state index in [9.17, 15) is 10.2 Å². The van der Waals surface area contributed by atoms with Crippen LogP contribution in [0.25, 0.3) is 66.9 Å². The first-order chi connectivity index (χ1) is 24.8. The number of hydrogen-bond donors (Lipinski definition) is 4. The van der Waals surface area contributed by atoms with Gasteiger partial charge in [0.05, 0.1) is 33.2 Å². The third kappa shape index (κ3) is 5.47. The molecule has 0 radical (unpaired) electrons. The Morgan fingerprint density at radius 3 is 1.40 bits per heavy atom. The van der Waals surface area contributed by atoms with Crippen LogP contribution in [0.2, 0.25) is 0 Å². The number of H-pyrrole nitrogens is 2. The Morgan fingerprint density at radius 1 is 0.615 bits per heavy atom. The number of ether oxygens (including phenoxy) is 2. The normalized spacial score (nSPS) is 19.2. The Balaban J connectivity index is 1.30. The van der Waals surface area contributed by atoms with E-state index in [-0.39, 0.29) is 11.5 Å². The highest BCUT2D eigenvalue weighted by Crippen LogP contribution is 2.51. The first-order valence-electron chi connectivity index (χ1n) is 18.4. The molecule has 0 bridgehead atoms. The van der Waals surface area contributed by atoms with Gasteiger partial charge in [0.15, 0.2) is 0 Å². The Labute approximate surface area is 305 Å². The zero-order valence-corrected chi connectivity index (χ0v) is 31.5. The molecule has 0 spiro atoms. The predicted octanol–water partition coefficient (Wildman–Crippen LogP) is 12.5. The number of allylic oxidation sites excluding steroid dienone is 4. The summed E-state index contributed by atoms with van der Waals surface area (Å²) < 4.78 is 13.3. The second-order valence-electron chi connectivity index (χ2n) is 15.9. The molecule has 4 N–H and O–H groups in total. The molecule has 2 aliphatic heterocycles. The molecule has 0 aliphatic carbocycles. The van der Waals surface area contributed by atoms with E-state index >= 15 is 0 Å². The first kappa shape index (κ1) is 33.8. The van der Waals surface area contributed by atoms with Crippen LogP contribution in [0.1, 0.15) is 89.5 Å². The fourth-order valence-electron chi connectivity index (χ4n) is 8.12. The number of aromatic hydroxyl groups is 2. The number of aromatic amines is 2. The number of phenols is 2. The number of benzene rings is 4. The average Bonchev–Trinajstić information content (AvgIpc) is 3.63. The molecule has 266 valence electrons. The summed E-state index contributed by atoms with van der Waals surface area (Å²) in [5, 5.41) is 27.8. The van der Waals surface area contributed by atoms with E-state index in [0.717, 1.165) is 103 Å². The quantitative estimate of drug-likeness (QED) is 0.125. The van der Waals surface area contributed by atoms with E-state index in [0.29, 0.717) is 11.1 Å². The molecule has 2 aromatic heterocycles. The highest BCUT2D eigenvalue weighted by molar-refractivity contribution is 6.21. The van der Waals surface area contributed by atoms with Crippen LogP contribution >= 0.6 is 0 Å². The maximum absolute atomic E-state index is 11.9. The molecule has 52 heavy (non-hydrogen) atoms. The van der Waals surface area contributed by atoms with Gasteiger partial charge in [-0.3, -0.25) is 0 Å². The molecule has 0 amide bonds. The van der Waals surface area contributed by atoms with E-state index in [1.54, 1.807) is 0 Å². The number of phenolic OH excluding ortho intramolecular Hbond substituents is 2. The second kappa shape index (κ2) is 12.1. The van der Waals surface area contributed by atoms with Crippen LogP contribution in [0.3, 0.4) is 0 Å². The minimum absolute atomic E-state index is 0.129. The van der Waals surface area contributed by atoms with Gasteiger partial charge < -0.3 is 29.7 Å². The molecular weight excluding hydrogens is 645 g/mol. The number of aryl methyl sites for hydroxylation is 2. The largest absolute Gasteiger partial charge is 0.507 e. The minimum Gasteiger partial charge on any atom is -0.507 e. The van der Waals surface area contributed by atoms with E-state index in [1.165, 1.54) is 11.1 Å². The van der Waals surface area contributed by atoms with Crippen LogP contribution in [0.4, 0.5) is 0 Å². The molecule has 0 saturated carbocycles. The number of hydrogen-bond acceptors (Lipinski definition) is 4. The smallest absolute Gasteiger partial charge is 0.129 e. The molecule has 6 aromatic rings.